The van der Waals surface area contributed by atoms with Crippen LogP contribution in [0.5, 0.6) is 0 Å². The number of hydrogen-bond acceptors (Lipinski definition) is 2. The molecule has 1 aromatic carbocycles. The maximum absolute atomic E-state index is 11.7. The van der Waals surface area contributed by atoms with E-state index in [4.69, 9.17) is 5.26 Å². The number of nitrogens with zero attached hydrogens (tertiary/aromatic N) is 1. The molecule has 0 unspecified atom stereocenters. The van der Waals surface area contributed by atoms with Crippen molar-refractivity contribution in [3.05, 3.63) is 41.0 Å². The van der Waals surface area contributed by atoms with Gasteiger partial charge < -0.3 is 5.32 Å². The summed E-state index contributed by atoms with van der Waals surface area (Å²) in [6, 6.07) is 9.95. The van der Waals surface area contributed by atoms with E-state index in [1.165, 1.54) is 0 Å². The van der Waals surface area contributed by atoms with E-state index in [9.17, 15) is 4.79 Å². The molecule has 86 valence electrons. The maximum Gasteiger partial charge on any atom is 0.262 e. The molecule has 2 rings (SSSR count). The Labute approximate surface area is 101 Å². The van der Waals surface area contributed by atoms with Crippen LogP contribution >= 0.6 is 0 Å². The van der Waals surface area contributed by atoms with Crippen LogP contribution in [0.1, 0.15) is 24.0 Å². The van der Waals surface area contributed by atoms with Gasteiger partial charge in [0.25, 0.3) is 5.91 Å². The molecule has 3 nitrogen and oxygen atoms in total. The Morgan fingerprint density at radius 3 is 2.88 bits per heavy atom. The molecule has 0 bridgehead atoms. The number of amides is 1. The van der Waals surface area contributed by atoms with Gasteiger partial charge in [0.15, 0.2) is 0 Å². The average molecular weight is 226 g/mol. The Bertz CT molecular complexity index is 507. The summed E-state index contributed by atoms with van der Waals surface area (Å²) >= 11 is 0. The maximum atomic E-state index is 11.7. The fourth-order valence-corrected chi connectivity index (χ4v) is 1.57. The highest BCUT2D eigenvalue weighted by atomic mass is 16.1. The molecule has 0 aromatic heterocycles. The number of hydrogen-bond donors (Lipinski definition) is 1. The molecule has 0 radical (unpaired) electrons. The van der Waals surface area contributed by atoms with Gasteiger partial charge in [0.2, 0.25) is 0 Å². The van der Waals surface area contributed by atoms with Crippen molar-refractivity contribution in [2.24, 2.45) is 0 Å². The minimum Gasteiger partial charge on any atom is -0.349 e. The second-order valence-electron chi connectivity index (χ2n) is 4.33. The number of aryl methyl sites for hydroxylation is 1. The number of benzene rings is 1. The molecule has 1 aliphatic rings. The third kappa shape index (κ3) is 3.18. The third-order valence-corrected chi connectivity index (χ3v) is 2.63. The van der Waals surface area contributed by atoms with Gasteiger partial charge in [0.1, 0.15) is 11.6 Å². The topological polar surface area (TPSA) is 52.9 Å². The van der Waals surface area contributed by atoms with E-state index >= 15 is 0 Å². The molecule has 0 aliphatic heterocycles. The first-order valence-electron chi connectivity index (χ1n) is 5.68. The minimum absolute atomic E-state index is 0.169. The van der Waals surface area contributed by atoms with Crippen LogP contribution in [0.25, 0.3) is 6.08 Å². The SMILES string of the molecule is Cc1cccc(/C=C(\C#N)C(=O)NC2CC2)c1. The highest BCUT2D eigenvalue weighted by Crippen LogP contribution is 2.19. The monoisotopic (exact) mass is 226 g/mol. The Morgan fingerprint density at radius 2 is 2.29 bits per heavy atom. The van der Waals surface area contributed by atoms with Crippen molar-refractivity contribution in [1.29, 1.82) is 5.26 Å². The average Bonchev–Trinajstić information content (AvgIpc) is 3.09. The van der Waals surface area contributed by atoms with Gasteiger partial charge >= 0.3 is 0 Å². The Balaban J connectivity index is 2.16. The summed E-state index contributed by atoms with van der Waals surface area (Å²) in [6.45, 7) is 1.98. The highest BCUT2D eigenvalue weighted by Gasteiger charge is 2.24. The number of carbonyl (C=O) groups excluding carboxylic acids is 1. The van der Waals surface area contributed by atoms with E-state index in [0.29, 0.717) is 0 Å². The van der Waals surface area contributed by atoms with Crippen LogP contribution in [0, 0.1) is 18.3 Å². The van der Waals surface area contributed by atoms with E-state index < -0.39 is 0 Å². The summed E-state index contributed by atoms with van der Waals surface area (Å²) in [6.07, 6.45) is 3.68. The van der Waals surface area contributed by atoms with Crippen molar-refractivity contribution in [2.45, 2.75) is 25.8 Å². The smallest absolute Gasteiger partial charge is 0.262 e. The molecular formula is C14H14N2O. The lowest BCUT2D eigenvalue weighted by Crippen LogP contribution is -2.26. The zero-order valence-electron chi connectivity index (χ0n) is 9.73. The van der Waals surface area contributed by atoms with Crippen LogP contribution in [-0.2, 0) is 4.79 Å². The Morgan fingerprint density at radius 1 is 1.53 bits per heavy atom. The predicted molar refractivity (Wildman–Crippen MR) is 65.9 cm³/mol. The van der Waals surface area contributed by atoms with E-state index in [-0.39, 0.29) is 17.5 Å². The van der Waals surface area contributed by atoms with Crippen molar-refractivity contribution in [3.8, 4) is 6.07 Å². The number of rotatable bonds is 3. The number of nitriles is 1. The Kier molecular flexibility index (Phi) is 3.24. The first-order chi connectivity index (χ1) is 8.19. The van der Waals surface area contributed by atoms with Crippen molar-refractivity contribution in [2.75, 3.05) is 0 Å². The summed E-state index contributed by atoms with van der Waals surface area (Å²) in [7, 11) is 0. The van der Waals surface area contributed by atoms with Crippen LogP contribution in [0.3, 0.4) is 0 Å². The largest absolute Gasteiger partial charge is 0.349 e. The summed E-state index contributed by atoms with van der Waals surface area (Å²) in [5, 5.41) is 11.8. The van der Waals surface area contributed by atoms with Crippen LogP contribution in [0.15, 0.2) is 29.8 Å². The van der Waals surface area contributed by atoms with E-state index in [1.54, 1.807) is 6.08 Å². The van der Waals surface area contributed by atoms with Gasteiger partial charge in [-0.15, -0.1) is 0 Å². The molecule has 3 heteroatoms. The molecule has 0 spiro atoms. The predicted octanol–water partition coefficient (Wildman–Crippen LogP) is 2.18. The molecular weight excluding hydrogens is 212 g/mol. The fourth-order valence-electron chi connectivity index (χ4n) is 1.57. The van der Waals surface area contributed by atoms with E-state index in [0.717, 1.165) is 24.0 Å². The fraction of sp³-hybridized carbons (Fsp3) is 0.286. The van der Waals surface area contributed by atoms with E-state index in [2.05, 4.69) is 5.32 Å². The second-order valence-corrected chi connectivity index (χ2v) is 4.33. The van der Waals surface area contributed by atoms with Crippen molar-refractivity contribution >= 4 is 12.0 Å². The molecule has 17 heavy (non-hydrogen) atoms. The van der Waals surface area contributed by atoms with Crippen molar-refractivity contribution in [1.82, 2.24) is 5.32 Å². The summed E-state index contributed by atoms with van der Waals surface area (Å²) in [4.78, 5) is 11.7. The van der Waals surface area contributed by atoms with Crippen molar-refractivity contribution < 1.29 is 4.79 Å². The van der Waals surface area contributed by atoms with Gasteiger partial charge in [-0.05, 0) is 31.4 Å². The van der Waals surface area contributed by atoms with Crippen LogP contribution in [0.4, 0.5) is 0 Å². The zero-order chi connectivity index (χ0) is 12.3. The molecule has 1 saturated carbocycles. The standard InChI is InChI=1S/C14H14N2O/c1-10-3-2-4-11(7-10)8-12(9-15)14(17)16-13-5-6-13/h2-4,7-8,13H,5-6H2,1H3,(H,16,17)/b12-8+. The number of carbonyl (C=O) groups is 1. The molecule has 1 aliphatic carbocycles. The highest BCUT2D eigenvalue weighted by molar-refractivity contribution is 6.01. The number of nitrogens with one attached hydrogen (secondary N) is 1. The Hall–Kier alpha value is -2.08. The summed E-state index contributed by atoms with van der Waals surface area (Å²) in [5.41, 5.74) is 2.16. The molecule has 1 N–H and O–H groups in total. The van der Waals surface area contributed by atoms with Crippen LogP contribution < -0.4 is 5.32 Å². The van der Waals surface area contributed by atoms with E-state index in [1.807, 2.05) is 37.3 Å². The molecule has 0 heterocycles. The quantitative estimate of drug-likeness (QED) is 0.634. The van der Waals surface area contributed by atoms with Gasteiger partial charge in [-0.25, -0.2) is 0 Å². The van der Waals surface area contributed by atoms with Crippen LogP contribution in [0.2, 0.25) is 0 Å². The normalized spacial score (nSPS) is 15.2. The van der Waals surface area contributed by atoms with Crippen molar-refractivity contribution in [3.63, 3.8) is 0 Å². The second kappa shape index (κ2) is 4.84. The third-order valence-electron chi connectivity index (χ3n) is 2.63. The first kappa shape index (κ1) is 11.4. The lowest BCUT2D eigenvalue weighted by Gasteiger charge is -2.01. The lowest BCUT2D eigenvalue weighted by atomic mass is 10.1. The summed E-state index contributed by atoms with van der Waals surface area (Å²) in [5.74, 6) is -0.267. The molecule has 1 fully saturated rings. The van der Waals surface area contributed by atoms with Crippen LogP contribution in [-0.4, -0.2) is 11.9 Å². The molecule has 1 aromatic rings. The first-order valence-corrected chi connectivity index (χ1v) is 5.68. The minimum atomic E-state index is -0.267. The van der Waals surface area contributed by atoms with Gasteiger partial charge in [0.05, 0.1) is 0 Å². The molecule has 0 atom stereocenters. The molecule has 1 amide bonds. The lowest BCUT2D eigenvalue weighted by molar-refractivity contribution is -0.117. The zero-order valence-corrected chi connectivity index (χ0v) is 9.73. The van der Waals surface area contributed by atoms with Gasteiger partial charge in [-0.3, -0.25) is 4.79 Å². The van der Waals surface area contributed by atoms with Gasteiger partial charge in [0, 0.05) is 6.04 Å². The summed E-state index contributed by atoms with van der Waals surface area (Å²) < 4.78 is 0. The van der Waals surface area contributed by atoms with Gasteiger partial charge in [-0.2, -0.15) is 5.26 Å². The molecule has 0 saturated heterocycles. The van der Waals surface area contributed by atoms with Gasteiger partial charge in [-0.1, -0.05) is 29.8 Å².